The Morgan fingerprint density at radius 1 is 1.06 bits per heavy atom. The number of nitrogens with one attached hydrogen (secondary N) is 2. The van der Waals surface area contributed by atoms with Crippen molar-refractivity contribution in [1.82, 2.24) is 10.3 Å². The minimum absolute atomic E-state index is 0.146. The number of aliphatic hydroxyl groups is 1. The summed E-state index contributed by atoms with van der Waals surface area (Å²) in [6, 6.07) is 7.31. The highest BCUT2D eigenvalue weighted by atomic mass is 19.4. The van der Waals surface area contributed by atoms with E-state index in [4.69, 9.17) is 18.9 Å². The normalized spacial score (nSPS) is 12.3. The average Bonchev–Trinajstić information content (AvgIpc) is 3.25. The lowest BCUT2D eigenvalue weighted by Gasteiger charge is -2.14. The number of carbonyl (C=O) groups excluding carboxylic acids is 1. The monoisotopic (exact) mass is 468 g/mol. The molecule has 33 heavy (non-hydrogen) atoms. The lowest BCUT2D eigenvalue weighted by Crippen LogP contribution is -2.35. The number of hydrogen-bond donors (Lipinski definition) is 3. The number of alkyl halides is 3. The first-order valence-corrected chi connectivity index (χ1v) is 9.76. The summed E-state index contributed by atoms with van der Waals surface area (Å²) in [5.41, 5.74) is -0.0948. The van der Waals surface area contributed by atoms with E-state index in [0.29, 0.717) is 28.2 Å². The van der Waals surface area contributed by atoms with E-state index in [1.54, 1.807) is 12.1 Å². The summed E-state index contributed by atoms with van der Waals surface area (Å²) in [5.74, 6) is 0.965. The summed E-state index contributed by atoms with van der Waals surface area (Å²) in [4.78, 5) is 15.5. The molecule has 0 radical (unpaired) electrons. The Kier molecular flexibility index (Phi) is 7.22. The predicted octanol–water partition coefficient (Wildman–Crippen LogP) is 3.38. The largest absolute Gasteiger partial charge is 0.496 e. The maximum Gasteiger partial charge on any atom is 0.416 e. The third-order valence-electron chi connectivity index (χ3n) is 4.81. The van der Waals surface area contributed by atoms with Gasteiger partial charge in [0.15, 0.2) is 11.5 Å². The van der Waals surface area contributed by atoms with E-state index in [9.17, 15) is 23.1 Å². The highest BCUT2D eigenvalue weighted by Crippen LogP contribution is 2.41. The van der Waals surface area contributed by atoms with Crippen molar-refractivity contribution in [3.8, 4) is 23.0 Å². The summed E-state index contributed by atoms with van der Waals surface area (Å²) >= 11 is 0. The molecule has 3 N–H and O–H groups in total. The van der Waals surface area contributed by atoms with E-state index in [1.165, 1.54) is 21.3 Å². The first kappa shape index (κ1) is 24.1. The molecule has 1 heterocycles. The summed E-state index contributed by atoms with van der Waals surface area (Å²) in [6.07, 6.45) is -5.53. The van der Waals surface area contributed by atoms with E-state index < -0.39 is 23.8 Å². The van der Waals surface area contributed by atoms with Crippen LogP contribution in [0.4, 0.5) is 13.2 Å². The van der Waals surface area contributed by atoms with Crippen molar-refractivity contribution in [2.24, 2.45) is 0 Å². The molecule has 3 rings (SSSR count). The second-order valence-electron chi connectivity index (χ2n) is 6.98. The van der Waals surface area contributed by atoms with E-state index in [2.05, 4.69) is 10.3 Å². The number of halogens is 3. The standard InChI is InChI=1S/C22H23F3N2O6/c1-30-17-9-18(31-2)20(32-3)19-15(17)8-16(27-19)21(29)26-10-13(28)11-33-14-6-4-12(5-7-14)22(23,24)25/h4-9,13,27-28H,10-11H2,1-3H3,(H,26,29). The third-order valence-corrected chi connectivity index (χ3v) is 4.81. The van der Waals surface area contributed by atoms with Gasteiger partial charge in [-0.25, -0.2) is 0 Å². The number of methoxy groups -OCH3 is 3. The van der Waals surface area contributed by atoms with Crippen molar-refractivity contribution in [2.75, 3.05) is 34.5 Å². The number of fused-ring (bicyclic) bond motifs is 1. The Hall–Kier alpha value is -3.60. The van der Waals surface area contributed by atoms with Crippen molar-refractivity contribution in [1.29, 1.82) is 0 Å². The zero-order valence-corrected chi connectivity index (χ0v) is 18.1. The smallest absolute Gasteiger partial charge is 0.416 e. The molecule has 0 fully saturated rings. The second-order valence-corrected chi connectivity index (χ2v) is 6.98. The van der Waals surface area contributed by atoms with E-state index in [0.717, 1.165) is 24.3 Å². The number of rotatable bonds is 9. The molecule has 0 spiro atoms. The van der Waals surface area contributed by atoms with Gasteiger partial charge in [0.25, 0.3) is 5.91 Å². The zero-order valence-electron chi connectivity index (χ0n) is 18.1. The molecule has 3 aromatic rings. The number of H-pyrrole nitrogens is 1. The molecular formula is C22H23F3N2O6. The molecule has 0 saturated carbocycles. The number of amides is 1. The Morgan fingerprint density at radius 2 is 1.73 bits per heavy atom. The summed E-state index contributed by atoms with van der Waals surface area (Å²) in [7, 11) is 4.44. The first-order chi connectivity index (χ1) is 15.7. The average molecular weight is 468 g/mol. The van der Waals surface area contributed by atoms with Gasteiger partial charge in [-0.2, -0.15) is 13.2 Å². The molecule has 1 atom stereocenters. The van der Waals surface area contributed by atoms with Gasteiger partial charge in [0, 0.05) is 18.0 Å². The van der Waals surface area contributed by atoms with Crippen molar-refractivity contribution >= 4 is 16.8 Å². The number of carbonyl (C=O) groups is 1. The van der Waals surface area contributed by atoms with E-state index in [1.807, 2.05) is 0 Å². The topological polar surface area (TPSA) is 102 Å². The molecule has 2 aromatic carbocycles. The molecule has 8 nitrogen and oxygen atoms in total. The number of aromatic nitrogens is 1. The molecule has 0 aliphatic heterocycles. The van der Waals surface area contributed by atoms with Crippen LogP contribution in [0.1, 0.15) is 16.1 Å². The van der Waals surface area contributed by atoms with Crippen LogP contribution in [0.3, 0.4) is 0 Å². The fourth-order valence-electron chi connectivity index (χ4n) is 3.16. The van der Waals surface area contributed by atoms with Gasteiger partial charge in [-0.05, 0) is 30.3 Å². The van der Waals surface area contributed by atoms with Crippen LogP contribution in [0, 0.1) is 0 Å². The van der Waals surface area contributed by atoms with Gasteiger partial charge < -0.3 is 34.4 Å². The van der Waals surface area contributed by atoms with Crippen LogP contribution >= 0.6 is 0 Å². The molecule has 1 unspecified atom stereocenters. The predicted molar refractivity (Wildman–Crippen MR) is 113 cm³/mol. The van der Waals surface area contributed by atoms with Crippen molar-refractivity contribution in [3.63, 3.8) is 0 Å². The van der Waals surface area contributed by atoms with Gasteiger partial charge in [-0.3, -0.25) is 4.79 Å². The van der Waals surface area contributed by atoms with Crippen molar-refractivity contribution < 1.29 is 42.0 Å². The Balaban J connectivity index is 1.62. The quantitative estimate of drug-likeness (QED) is 0.445. The first-order valence-electron chi connectivity index (χ1n) is 9.76. The van der Waals surface area contributed by atoms with Crippen LogP contribution in [-0.2, 0) is 6.18 Å². The minimum atomic E-state index is -4.44. The molecule has 0 bridgehead atoms. The summed E-state index contributed by atoms with van der Waals surface area (Å²) < 4.78 is 59.1. The van der Waals surface area contributed by atoms with Crippen molar-refractivity contribution in [3.05, 3.63) is 47.7 Å². The molecule has 1 amide bonds. The van der Waals surface area contributed by atoms with Crippen LogP contribution in [0.25, 0.3) is 10.9 Å². The van der Waals surface area contributed by atoms with Gasteiger partial charge in [0.2, 0.25) is 0 Å². The number of ether oxygens (including phenoxy) is 4. The van der Waals surface area contributed by atoms with Crippen LogP contribution < -0.4 is 24.3 Å². The van der Waals surface area contributed by atoms with Crippen molar-refractivity contribution in [2.45, 2.75) is 12.3 Å². The fraction of sp³-hybridized carbons (Fsp3) is 0.318. The van der Waals surface area contributed by atoms with Gasteiger partial charge in [0.1, 0.15) is 29.9 Å². The molecule has 0 aliphatic rings. The molecule has 11 heteroatoms. The molecule has 0 aliphatic carbocycles. The molecular weight excluding hydrogens is 445 g/mol. The van der Waals surface area contributed by atoms with Crippen LogP contribution in [-0.4, -0.2) is 56.6 Å². The Morgan fingerprint density at radius 3 is 2.30 bits per heavy atom. The van der Waals surface area contributed by atoms with Gasteiger partial charge in [-0.1, -0.05) is 0 Å². The Bertz CT molecular complexity index is 1110. The zero-order chi connectivity index (χ0) is 24.2. The highest BCUT2D eigenvalue weighted by molar-refractivity contribution is 6.02. The third kappa shape index (κ3) is 5.43. The van der Waals surface area contributed by atoms with E-state index in [-0.39, 0.29) is 24.6 Å². The maximum atomic E-state index is 12.6. The minimum Gasteiger partial charge on any atom is -0.496 e. The van der Waals surface area contributed by atoms with E-state index >= 15 is 0 Å². The van der Waals surface area contributed by atoms with Gasteiger partial charge in [-0.15, -0.1) is 0 Å². The number of hydrogen-bond acceptors (Lipinski definition) is 6. The van der Waals surface area contributed by atoms with Crippen LogP contribution in [0.2, 0.25) is 0 Å². The van der Waals surface area contributed by atoms with Gasteiger partial charge in [0.05, 0.1) is 32.4 Å². The second kappa shape index (κ2) is 9.90. The summed E-state index contributed by atoms with van der Waals surface area (Å²) in [6.45, 7) is -0.371. The number of aliphatic hydroxyl groups excluding tert-OH is 1. The van der Waals surface area contributed by atoms with Crippen LogP contribution in [0.5, 0.6) is 23.0 Å². The lowest BCUT2D eigenvalue weighted by molar-refractivity contribution is -0.137. The number of benzene rings is 2. The SMILES string of the molecule is COc1cc(OC)c2cc(C(=O)NCC(O)COc3ccc(C(F)(F)F)cc3)[nH]c2c1OC. The maximum absolute atomic E-state index is 12.6. The summed E-state index contributed by atoms with van der Waals surface area (Å²) in [5, 5.41) is 13.2. The molecule has 1 aromatic heterocycles. The van der Waals surface area contributed by atoms with Gasteiger partial charge >= 0.3 is 6.18 Å². The molecule has 0 saturated heterocycles. The Labute approximate surface area is 187 Å². The van der Waals surface area contributed by atoms with Crippen LogP contribution in [0.15, 0.2) is 36.4 Å². The number of aromatic amines is 1. The molecule has 178 valence electrons. The fourth-order valence-corrected chi connectivity index (χ4v) is 3.16. The highest BCUT2D eigenvalue weighted by Gasteiger charge is 2.30. The lowest BCUT2D eigenvalue weighted by atomic mass is 10.2.